The second kappa shape index (κ2) is 11.1. The Morgan fingerprint density at radius 2 is 1.55 bits per heavy atom. The smallest absolute Gasteiger partial charge is 0.132 e. The Hall–Kier alpha value is -1.44. The van der Waals surface area contributed by atoms with E-state index >= 15 is 0 Å². The normalized spacial score (nSPS) is 13.8. The van der Waals surface area contributed by atoms with Crippen LogP contribution >= 0.6 is 24.2 Å². The van der Waals surface area contributed by atoms with Crippen LogP contribution in [0.2, 0.25) is 0 Å². The van der Waals surface area contributed by atoms with Crippen LogP contribution in [0, 0.1) is 0 Å². The summed E-state index contributed by atoms with van der Waals surface area (Å²) in [6.45, 7) is 4.80. The van der Waals surface area contributed by atoms with Crippen LogP contribution in [-0.4, -0.2) is 55.2 Å². The Morgan fingerprint density at radius 1 is 0.931 bits per heavy atom. The van der Waals surface area contributed by atoms with E-state index in [9.17, 15) is 10.2 Å². The van der Waals surface area contributed by atoms with Crippen molar-refractivity contribution in [1.29, 1.82) is 0 Å². The predicted octanol–water partition coefficient (Wildman–Crippen LogP) is 3.67. The first-order valence-corrected chi connectivity index (χ1v) is 10.4. The summed E-state index contributed by atoms with van der Waals surface area (Å²) in [4.78, 5) is 0.699. The molecular weight excluding hydrogens is 412 g/mol. The van der Waals surface area contributed by atoms with E-state index in [1.54, 1.807) is 0 Å². The lowest BCUT2D eigenvalue weighted by Gasteiger charge is -2.27. The van der Waals surface area contributed by atoms with Gasteiger partial charge in [0.2, 0.25) is 0 Å². The molecule has 0 radical (unpaired) electrons. The van der Waals surface area contributed by atoms with Crippen LogP contribution in [0.3, 0.4) is 0 Å². The molecule has 2 rings (SSSR count). The molecule has 5 nitrogen and oxygen atoms in total. The standard InChI is InChI=1S/C22H29ClO5S/c1-22(2,15-4-7-19(8-5-15)27-14-18(25)12-26-3)16-6-9-20(21(29)10-16)28-13-17(24)11-23/h4-10,17-18,24-25,29H,11-14H2,1-3H3. The van der Waals surface area contributed by atoms with Crippen molar-refractivity contribution in [2.75, 3.05) is 32.8 Å². The van der Waals surface area contributed by atoms with Gasteiger partial charge in [0.15, 0.2) is 0 Å². The SMILES string of the molecule is COCC(O)COc1ccc(C(C)(C)c2ccc(OCC(O)CCl)c(S)c2)cc1. The fourth-order valence-corrected chi connectivity index (χ4v) is 3.19. The Labute approximate surface area is 183 Å². The van der Waals surface area contributed by atoms with E-state index < -0.39 is 12.2 Å². The number of aliphatic hydroxyl groups is 2. The fourth-order valence-electron chi connectivity index (χ4n) is 2.83. The van der Waals surface area contributed by atoms with E-state index in [4.69, 9.17) is 25.8 Å². The van der Waals surface area contributed by atoms with Crippen molar-refractivity contribution in [2.24, 2.45) is 0 Å². The molecule has 0 aliphatic heterocycles. The van der Waals surface area contributed by atoms with E-state index in [2.05, 4.69) is 26.5 Å². The Bertz CT molecular complexity index is 766. The van der Waals surface area contributed by atoms with Crippen LogP contribution < -0.4 is 9.47 Å². The number of alkyl halides is 1. The third-order valence-corrected chi connectivity index (χ3v) is 5.37. The van der Waals surface area contributed by atoms with Crippen LogP contribution in [0.5, 0.6) is 11.5 Å². The summed E-state index contributed by atoms with van der Waals surface area (Å²) in [7, 11) is 1.54. The van der Waals surface area contributed by atoms with Gasteiger partial charge in [0.05, 0.1) is 12.5 Å². The third kappa shape index (κ3) is 6.79. The van der Waals surface area contributed by atoms with Gasteiger partial charge in [-0.1, -0.05) is 32.0 Å². The van der Waals surface area contributed by atoms with Gasteiger partial charge in [0.1, 0.15) is 36.9 Å². The molecule has 7 heteroatoms. The molecule has 2 aromatic rings. The summed E-state index contributed by atoms with van der Waals surface area (Å²) < 4.78 is 16.1. The van der Waals surface area contributed by atoms with Crippen LogP contribution in [0.4, 0.5) is 0 Å². The lowest BCUT2D eigenvalue weighted by atomic mass is 9.78. The molecule has 160 valence electrons. The number of hydrogen-bond donors (Lipinski definition) is 3. The summed E-state index contributed by atoms with van der Waals surface area (Å²) in [6, 6.07) is 13.6. The summed E-state index contributed by atoms with van der Waals surface area (Å²) in [6.07, 6.45) is -1.37. The van der Waals surface area contributed by atoms with Gasteiger partial charge in [-0.2, -0.15) is 0 Å². The molecule has 0 heterocycles. The number of halogens is 1. The highest BCUT2D eigenvalue weighted by molar-refractivity contribution is 7.80. The highest BCUT2D eigenvalue weighted by atomic mass is 35.5. The van der Waals surface area contributed by atoms with Crippen molar-refractivity contribution in [1.82, 2.24) is 0 Å². The summed E-state index contributed by atoms with van der Waals surface area (Å²) >= 11 is 10.1. The zero-order chi connectivity index (χ0) is 21.4. The first kappa shape index (κ1) is 23.8. The van der Waals surface area contributed by atoms with Gasteiger partial charge < -0.3 is 24.4 Å². The quantitative estimate of drug-likeness (QED) is 0.367. The molecular formula is C22H29ClO5S. The first-order valence-electron chi connectivity index (χ1n) is 9.38. The van der Waals surface area contributed by atoms with Crippen molar-refractivity contribution in [3.8, 4) is 11.5 Å². The van der Waals surface area contributed by atoms with E-state index in [0.717, 1.165) is 11.1 Å². The minimum Gasteiger partial charge on any atom is -0.491 e. The highest BCUT2D eigenvalue weighted by Crippen LogP contribution is 2.36. The number of methoxy groups -OCH3 is 1. The van der Waals surface area contributed by atoms with Gasteiger partial charge in [0.25, 0.3) is 0 Å². The number of aliphatic hydroxyl groups excluding tert-OH is 2. The monoisotopic (exact) mass is 440 g/mol. The molecule has 0 aliphatic carbocycles. The summed E-state index contributed by atoms with van der Waals surface area (Å²) in [5.41, 5.74) is 1.93. The Balaban J connectivity index is 2.08. The lowest BCUT2D eigenvalue weighted by molar-refractivity contribution is 0.0325. The lowest BCUT2D eigenvalue weighted by Crippen LogP contribution is -2.22. The van der Waals surface area contributed by atoms with E-state index in [0.29, 0.717) is 16.4 Å². The van der Waals surface area contributed by atoms with Crippen LogP contribution in [0.15, 0.2) is 47.4 Å². The number of ether oxygens (including phenoxy) is 3. The topological polar surface area (TPSA) is 68.2 Å². The van der Waals surface area contributed by atoms with E-state index in [-0.39, 0.29) is 31.1 Å². The van der Waals surface area contributed by atoms with Crippen molar-refractivity contribution in [3.63, 3.8) is 0 Å². The zero-order valence-corrected chi connectivity index (χ0v) is 18.6. The van der Waals surface area contributed by atoms with Gasteiger partial charge in [-0.05, 0) is 35.4 Å². The molecule has 2 N–H and O–H groups in total. The molecule has 2 aromatic carbocycles. The van der Waals surface area contributed by atoms with Gasteiger partial charge >= 0.3 is 0 Å². The van der Waals surface area contributed by atoms with Crippen LogP contribution in [0.25, 0.3) is 0 Å². The van der Waals surface area contributed by atoms with Crippen molar-refractivity contribution >= 4 is 24.2 Å². The maximum Gasteiger partial charge on any atom is 0.132 e. The highest BCUT2D eigenvalue weighted by Gasteiger charge is 2.24. The minimum absolute atomic E-state index is 0.123. The van der Waals surface area contributed by atoms with Gasteiger partial charge in [0, 0.05) is 17.4 Å². The maximum atomic E-state index is 9.69. The van der Waals surface area contributed by atoms with Gasteiger partial charge in [-0.3, -0.25) is 0 Å². The average molecular weight is 441 g/mol. The van der Waals surface area contributed by atoms with Crippen LogP contribution in [-0.2, 0) is 10.2 Å². The number of hydrogen-bond acceptors (Lipinski definition) is 6. The van der Waals surface area contributed by atoms with Crippen molar-refractivity contribution in [2.45, 2.75) is 36.4 Å². The molecule has 29 heavy (non-hydrogen) atoms. The molecule has 2 atom stereocenters. The molecule has 0 aliphatic rings. The average Bonchev–Trinajstić information content (AvgIpc) is 2.71. The molecule has 0 aromatic heterocycles. The molecule has 0 spiro atoms. The summed E-state index contributed by atoms with van der Waals surface area (Å²) in [5.74, 6) is 1.42. The number of thiol groups is 1. The minimum atomic E-state index is -0.711. The van der Waals surface area contributed by atoms with E-state index in [1.165, 1.54) is 7.11 Å². The predicted molar refractivity (Wildman–Crippen MR) is 118 cm³/mol. The van der Waals surface area contributed by atoms with Gasteiger partial charge in [-0.15, -0.1) is 24.2 Å². The van der Waals surface area contributed by atoms with Crippen molar-refractivity contribution in [3.05, 3.63) is 53.6 Å². The zero-order valence-electron chi connectivity index (χ0n) is 17.0. The second-order valence-corrected chi connectivity index (χ2v) is 8.16. The number of rotatable bonds is 11. The maximum absolute atomic E-state index is 9.69. The van der Waals surface area contributed by atoms with Crippen LogP contribution in [0.1, 0.15) is 25.0 Å². The Kier molecular flexibility index (Phi) is 9.11. The molecule has 2 unspecified atom stereocenters. The number of benzene rings is 2. The molecule has 0 amide bonds. The molecule has 0 fully saturated rings. The van der Waals surface area contributed by atoms with E-state index in [1.807, 2.05) is 42.5 Å². The molecule has 0 saturated heterocycles. The summed E-state index contributed by atoms with van der Waals surface area (Å²) in [5, 5.41) is 19.2. The third-order valence-electron chi connectivity index (χ3n) is 4.67. The molecule has 0 saturated carbocycles. The van der Waals surface area contributed by atoms with Gasteiger partial charge in [-0.25, -0.2) is 0 Å². The Morgan fingerprint density at radius 3 is 2.14 bits per heavy atom. The first-order chi connectivity index (χ1) is 13.8. The molecule has 0 bridgehead atoms. The largest absolute Gasteiger partial charge is 0.491 e. The second-order valence-electron chi connectivity index (χ2n) is 7.37. The fraction of sp³-hybridized carbons (Fsp3) is 0.455. The van der Waals surface area contributed by atoms with Crippen molar-refractivity contribution < 1.29 is 24.4 Å².